The summed E-state index contributed by atoms with van der Waals surface area (Å²) in [5, 5.41) is 7.95. The Morgan fingerprint density at radius 2 is 2.05 bits per heavy atom. The lowest BCUT2D eigenvalue weighted by molar-refractivity contribution is -0.116. The van der Waals surface area contributed by atoms with Gasteiger partial charge in [0.25, 0.3) is 5.91 Å². The molecule has 0 aliphatic carbocycles. The molecule has 0 radical (unpaired) electrons. The van der Waals surface area contributed by atoms with Crippen molar-refractivity contribution in [2.45, 2.75) is 13.3 Å². The van der Waals surface area contributed by atoms with Crippen LogP contribution < -0.4 is 10.6 Å². The molecule has 1 heterocycles. The van der Waals surface area contributed by atoms with Gasteiger partial charge in [0.05, 0.1) is 4.88 Å². The fourth-order valence-electron chi connectivity index (χ4n) is 1.74. The van der Waals surface area contributed by atoms with E-state index in [1.54, 1.807) is 24.3 Å². The number of nitrogens with one attached hydrogen (secondary N) is 2. The first-order valence-electron chi connectivity index (χ1n) is 6.44. The molecule has 2 amide bonds. The predicted molar refractivity (Wildman–Crippen MR) is 86.1 cm³/mol. The van der Waals surface area contributed by atoms with Crippen molar-refractivity contribution in [2.24, 2.45) is 0 Å². The predicted octanol–water partition coefficient (Wildman–Crippen LogP) is 3.47. The van der Waals surface area contributed by atoms with Gasteiger partial charge in [0, 0.05) is 23.7 Å². The molecule has 0 aliphatic rings. The first kappa shape index (κ1) is 15.5. The van der Waals surface area contributed by atoms with Gasteiger partial charge in [-0.3, -0.25) is 9.59 Å². The summed E-state index contributed by atoms with van der Waals surface area (Å²) >= 11 is 7.36. The molecule has 0 fully saturated rings. The van der Waals surface area contributed by atoms with Gasteiger partial charge in [0.15, 0.2) is 0 Å². The Morgan fingerprint density at radius 3 is 2.76 bits per heavy atom. The summed E-state index contributed by atoms with van der Waals surface area (Å²) in [6, 6.07) is 8.91. The van der Waals surface area contributed by atoms with E-state index in [9.17, 15) is 9.59 Å². The van der Waals surface area contributed by atoms with Gasteiger partial charge in [-0.05, 0) is 36.1 Å². The molecular formula is C15H15ClN2O2S. The monoisotopic (exact) mass is 322 g/mol. The van der Waals surface area contributed by atoms with Crippen LogP contribution >= 0.6 is 22.9 Å². The second-order valence-corrected chi connectivity index (χ2v) is 5.80. The molecule has 2 aromatic rings. The van der Waals surface area contributed by atoms with Crippen LogP contribution in [0.2, 0.25) is 5.02 Å². The normalized spacial score (nSPS) is 10.2. The molecule has 4 nitrogen and oxygen atoms in total. The molecule has 2 N–H and O–H groups in total. The van der Waals surface area contributed by atoms with Crippen molar-refractivity contribution in [1.29, 1.82) is 0 Å². The zero-order valence-electron chi connectivity index (χ0n) is 11.5. The van der Waals surface area contributed by atoms with Gasteiger partial charge in [-0.1, -0.05) is 23.7 Å². The molecule has 0 unspecified atom stereocenters. The van der Waals surface area contributed by atoms with Crippen molar-refractivity contribution < 1.29 is 9.59 Å². The number of carbonyl (C=O) groups is 2. The molecule has 0 bridgehead atoms. The fourth-order valence-corrected chi connectivity index (χ4v) is 2.55. The van der Waals surface area contributed by atoms with Crippen LogP contribution in [0.25, 0.3) is 0 Å². The van der Waals surface area contributed by atoms with E-state index in [0.717, 1.165) is 5.56 Å². The molecule has 0 saturated carbocycles. The van der Waals surface area contributed by atoms with Crippen LogP contribution in [0.1, 0.15) is 21.7 Å². The number of halogens is 1. The Bertz CT molecular complexity index is 641. The molecule has 0 saturated heterocycles. The summed E-state index contributed by atoms with van der Waals surface area (Å²) in [6.07, 6.45) is 0.211. The number of anilines is 1. The summed E-state index contributed by atoms with van der Waals surface area (Å²) < 4.78 is 0. The van der Waals surface area contributed by atoms with Crippen LogP contribution in [0.3, 0.4) is 0 Å². The highest BCUT2D eigenvalue weighted by Crippen LogP contribution is 2.22. The average Bonchev–Trinajstić information content (AvgIpc) is 2.98. The molecule has 0 atom stereocenters. The molecule has 1 aromatic carbocycles. The van der Waals surface area contributed by atoms with Crippen LogP contribution in [0.5, 0.6) is 0 Å². The van der Waals surface area contributed by atoms with E-state index in [4.69, 9.17) is 11.6 Å². The first-order valence-corrected chi connectivity index (χ1v) is 7.70. The van der Waals surface area contributed by atoms with Crippen molar-refractivity contribution in [3.05, 3.63) is 51.2 Å². The molecule has 0 spiro atoms. The molecular weight excluding hydrogens is 308 g/mol. The maximum atomic E-state index is 11.8. The van der Waals surface area contributed by atoms with Gasteiger partial charge in [0.2, 0.25) is 5.91 Å². The highest BCUT2D eigenvalue weighted by atomic mass is 35.5. The van der Waals surface area contributed by atoms with E-state index < -0.39 is 0 Å². The van der Waals surface area contributed by atoms with Gasteiger partial charge < -0.3 is 10.6 Å². The van der Waals surface area contributed by atoms with Gasteiger partial charge in [-0.15, -0.1) is 11.3 Å². The summed E-state index contributed by atoms with van der Waals surface area (Å²) in [6.45, 7) is 2.14. The molecule has 21 heavy (non-hydrogen) atoms. The van der Waals surface area contributed by atoms with E-state index in [0.29, 0.717) is 22.1 Å². The molecule has 0 aliphatic heterocycles. The summed E-state index contributed by atoms with van der Waals surface area (Å²) in [5.74, 6) is -0.316. The van der Waals surface area contributed by atoms with Crippen molar-refractivity contribution in [2.75, 3.05) is 11.9 Å². The molecule has 2 rings (SSSR count). The van der Waals surface area contributed by atoms with Crippen molar-refractivity contribution in [3.63, 3.8) is 0 Å². The summed E-state index contributed by atoms with van der Waals surface area (Å²) in [7, 11) is 0. The number of thiophene rings is 1. The minimum Gasteiger partial charge on any atom is -0.351 e. The Balaban J connectivity index is 1.80. The number of benzene rings is 1. The van der Waals surface area contributed by atoms with Crippen LogP contribution in [-0.2, 0) is 4.79 Å². The van der Waals surface area contributed by atoms with Gasteiger partial charge >= 0.3 is 0 Å². The maximum Gasteiger partial charge on any atom is 0.261 e. The van der Waals surface area contributed by atoms with Crippen molar-refractivity contribution in [3.8, 4) is 0 Å². The van der Waals surface area contributed by atoms with Crippen molar-refractivity contribution >= 4 is 40.4 Å². The first-order chi connectivity index (χ1) is 10.1. The van der Waals surface area contributed by atoms with Crippen LogP contribution in [-0.4, -0.2) is 18.4 Å². The van der Waals surface area contributed by atoms with E-state index in [1.807, 2.05) is 18.4 Å². The minimum absolute atomic E-state index is 0.156. The fraction of sp³-hybridized carbons (Fsp3) is 0.200. The number of hydrogen-bond donors (Lipinski definition) is 2. The Hall–Kier alpha value is -1.85. The van der Waals surface area contributed by atoms with E-state index in [1.165, 1.54) is 11.3 Å². The average molecular weight is 323 g/mol. The maximum absolute atomic E-state index is 11.8. The SMILES string of the molecule is Cc1c(Cl)cccc1NC(=O)CCNC(=O)c1cccs1. The second kappa shape index (κ2) is 7.24. The minimum atomic E-state index is -0.160. The molecule has 6 heteroatoms. The summed E-state index contributed by atoms with van der Waals surface area (Å²) in [5.41, 5.74) is 1.52. The number of hydrogen-bond acceptors (Lipinski definition) is 3. The highest BCUT2D eigenvalue weighted by Gasteiger charge is 2.09. The second-order valence-electron chi connectivity index (χ2n) is 4.44. The number of rotatable bonds is 5. The largest absolute Gasteiger partial charge is 0.351 e. The smallest absolute Gasteiger partial charge is 0.261 e. The lowest BCUT2D eigenvalue weighted by atomic mass is 10.2. The Labute approximate surface area is 132 Å². The highest BCUT2D eigenvalue weighted by molar-refractivity contribution is 7.12. The summed E-state index contributed by atoms with van der Waals surface area (Å²) in [4.78, 5) is 24.2. The topological polar surface area (TPSA) is 58.2 Å². The zero-order chi connectivity index (χ0) is 15.2. The quantitative estimate of drug-likeness (QED) is 0.885. The third-order valence-electron chi connectivity index (χ3n) is 2.92. The lowest BCUT2D eigenvalue weighted by Crippen LogP contribution is -2.27. The van der Waals surface area contributed by atoms with Gasteiger partial charge in [-0.2, -0.15) is 0 Å². The van der Waals surface area contributed by atoms with Gasteiger partial charge in [0.1, 0.15) is 0 Å². The molecule has 1 aromatic heterocycles. The third kappa shape index (κ3) is 4.31. The van der Waals surface area contributed by atoms with Crippen LogP contribution in [0.4, 0.5) is 5.69 Å². The standard InChI is InChI=1S/C15H15ClN2O2S/c1-10-11(16)4-2-5-12(10)18-14(19)7-8-17-15(20)13-6-3-9-21-13/h2-6,9H,7-8H2,1H3,(H,17,20)(H,18,19). The Morgan fingerprint density at radius 1 is 1.24 bits per heavy atom. The lowest BCUT2D eigenvalue weighted by Gasteiger charge is -2.09. The van der Waals surface area contributed by atoms with Crippen molar-refractivity contribution in [1.82, 2.24) is 5.32 Å². The Kier molecular flexibility index (Phi) is 5.36. The number of amides is 2. The van der Waals surface area contributed by atoms with E-state index >= 15 is 0 Å². The zero-order valence-corrected chi connectivity index (χ0v) is 13.1. The molecule has 110 valence electrons. The van der Waals surface area contributed by atoms with Gasteiger partial charge in [-0.25, -0.2) is 0 Å². The third-order valence-corrected chi connectivity index (χ3v) is 4.20. The number of carbonyl (C=O) groups excluding carboxylic acids is 2. The van der Waals surface area contributed by atoms with E-state index in [-0.39, 0.29) is 18.2 Å². The van der Waals surface area contributed by atoms with Crippen LogP contribution in [0.15, 0.2) is 35.7 Å². The van der Waals surface area contributed by atoms with E-state index in [2.05, 4.69) is 10.6 Å². The van der Waals surface area contributed by atoms with Crippen LogP contribution in [0, 0.1) is 6.92 Å².